The van der Waals surface area contributed by atoms with Crippen molar-refractivity contribution in [2.75, 3.05) is 14.2 Å². The number of hydrogen-bond donors (Lipinski definition) is 0. The molecule has 0 aromatic heterocycles. The fraction of sp³-hybridized carbons (Fsp3) is 0.312. The molecule has 0 aliphatic carbocycles. The molecule has 2 aromatic carbocycles. The summed E-state index contributed by atoms with van der Waals surface area (Å²) in [4.78, 5) is 11.4. The summed E-state index contributed by atoms with van der Waals surface area (Å²) in [6, 6.07) is 10.2. The van der Waals surface area contributed by atoms with Crippen LogP contribution in [0, 0.1) is 0 Å². The molecule has 0 aliphatic heterocycles. The van der Waals surface area contributed by atoms with Gasteiger partial charge in [-0.1, -0.05) is 37.3 Å². The van der Waals surface area contributed by atoms with Crippen LogP contribution in [0.1, 0.15) is 18.1 Å². The summed E-state index contributed by atoms with van der Waals surface area (Å²) in [6.45, 7) is 2.13. The Morgan fingerprint density at radius 3 is 2.58 bits per heavy atom. The fourth-order valence-electron chi connectivity index (χ4n) is 2.22. The second kappa shape index (κ2) is 5.74. The standard InChI is InChI=1S/C16H18O3/c1-4-11-5-8-14-12(9-11)6-7-13(16(14)19-3)10-15(17)18-2/h5-9H,4,10H2,1-3H3. The smallest absolute Gasteiger partial charge is 0.310 e. The van der Waals surface area contributed by atoms with Gasteiger partial charge < -0.3 is 9.47 Å². The maximum atomic E-state index is 11.4. The highest BCUT2D eigenvalue weighted by atomic mass is 16.5. The number of hydrogen-bond acceptors (Lipinski definition) is 3. The highest BCUT2D eigenvalue weighted by molar-refractivity contribution is 5.91. The number of fused-ring (bicyclic) bond motifs is 1. The van der Waals surface area contributed by atoms with Crippen molar-refractivity contribution in [3.05, 3.63) is 41.5 Å². The topological polar surface area (TPSA) is 35.5 Å². The van der Waals surface area contributed by atoms with Crippen LogP contribution in [0.4, 0.5) is 0 Å². The zero-order valence-corrected chi connectivity index (χ0v) is 11.5. The van der Waals surface area contributed by atoms with Gasteiger partial charge in [0.1, 0.15) is 5.75 Å². The van der Waals surface area contributed by atoms with Gasteiger partial charge in [-0.15, -0.1) is 0 Å². The number of carbonyl (C=O) groups is 1. The molecule has 2 aromatic rings. The minimum absolute atomic E-state index is 0.227. The summed E-state index contributed by atoms with van der Waals surface area (Å²) in [5, 5.41) is 2.16. The lowest BCUT2D eigenvalue weighted by Gasteiger charge is -2.12. The Morgan fingerprint density at radius 1 is 1.16 bits per heavy atom. The molecule has 0 saturated heterocycles. The van der Waals surface area contributed by atoms with Crippen LogP contribution in [0.15, 0.2) is 30.3 Å². The van der Waals surface area contributed by atoms with E-state index in [1.54, 1.807) is 7.11 Å². The molecule has 0 atom stereocenters. The lowest BCUT2D eigenvalue weighted by atomic mass is 10.0. The number of rotatable bonds is 4. The Kier molecular flexibility index (Phi) is 4.05. The first-order valence-electron chi connectivity index (χ1n) is 6.35. The number of ether oxygens (including phenoxy) is 2. The summed E-state index contributed by atoms with van der Waals surface area (Å²) < 4.78 is 10.2. The molecule has 0 aliphatic rings. The Morgan fingerprint density at radius 2 is 1.95 bits per heavy atom. The van der Waals surface area contributed by atoms with Crippen LogP contribution in [0.25, 0.3) is 10.8 Å². The van der Waals surface area contributed by atoms with Crippen LogP contribution in [-0.4, -0.2) is 20.2 Å². The highest BCUT2D eigenvalue weighted by Gasteiger charge is 2.12. The van der Waals surface area contributed by atoms with Gasteiger partial charge in [0.05, 0.1) is 20.6 Å². The van der Waals surface area contributed by atoms with E-state index in [9.17, 15) is 4.79 Å². The van der Waals surface area contributed by atoms with Crippen molar-refractivity contribution in [2.24, 2.45) is 0 Å². The summed E-state index contributed by atoms with van der Waals surface area (Å²) in [5.41, 5.74) is 2.14. The molecule has 0 fully saturated rings. The normalized spacial score (nSPS) is 10.5. The molecule has 0 saturated carbocycles. The number of esters is 1. The number of methoxy groups -OCH3 is 2. The molecule has 19 heavy (non-hydrogen) atoms. The maximum Gasteiger partial charge on any atom is 0.310 e. The molecule has 0 bridgehead atoms. The lowest BCUT2D eigenvalue weighted by Crippen LogP contribution is -2.06. The van der Waals surface area contributed by atoms with Crippen LogP contribution < -0.4 is 4.74 Å². The third-order valence-corrected chi connectivity index (χ3v) is 3.29. The zero-order valence-electron chi connectivity index (χ0n) is 11.5. The fourth-order valence-corrected chi connectivity index (χ4v) is 2.22. The van der Waals surface area contributed by atoms with Gasteiger partial charge >= 0.3 is 5.97 Å². The minimum atomic E-state index is -0.261. The van der Waals surface area contributed by atoms with E-state index in [1.807, 2.05) is 18.2 Å². The average Bonchev–Trinajstić information content (AvgIpc) is 2.46. The summed E-state index contributed by atoms with van der Waals surface area (Å²) >= 11 is 0. The molecule has 2 rings (SSSR count). The maximum absolute atomic E-state index is 11.4. The molecule has 0 N–H and O–H groups in total. The van der Waals surface area contributed by atoms with E-state index in [0.29, 0.717) is 0 Å². The SMILES string of the molecule is CCc1ccc2c(OC)c(CC(=O)OC)ccc2c1. The summed E-state index contributed by atoms with van der Waals surface area (Å²) in [7, 11) is 3.02. The van der Waals surface area contributed by atoms with E-state index in [-0.39, 0.29) is 12.4 Å². The first-order valence-corrected chi connectivity index (χ1v) is 6.35. The number of carbonyl (C=O) groups excluding carboxylic acids is 1. The minimum Gasteiger partial charge on any atom is -0.496 e. The predicted molar refractivity (Wildman–Crippen MR) is 75.6 cm³/mol. The highest BCUT2D eigenvalue weighted by Crippen LogP contribution is 2.31. The second-order valence-electron chi connectivity index (χ2n) is 4.42. The van der Waals surface area contributed by atoms with Gasteiger partial charge in [0.2, 0.25) is 0 Å². The Labute approximate surface area is 113 Å². The Hall–Kier alpha value is -2.03. The van der Waals surface area contributed by atoms with Gasteiger partial charge in [0, 0.05) is 10.9 Å². The van der Waals surface area contributed by atoms with Crippen LogP contribution in [0.3, 0.4) is 0 Å². The van der Waals surface area contributed by atoms with Gasteiger partial charge in [-0.05, 0) is 17.4 Å². The van der Waals surface area contributed by atoms with Crippen molar-refractivity contribution in [1.29, 1.82) is 0 Å². The largest absolute Gasteiger partial charge is 0.496 e. The van der Waals surface area contributed by atoms with Crippen LogP contribution >= 0.6 is 0 Å². The zero-order chi connectivity index (χ0) is 13.8. The predicted octanol–water partition coefficient (Wildman–Crippen LogP) is 3.13. The number of aryl methyl sites for hydroxylation is 1. The van der Waals surface area contributed by atoms with Crippen LogP contribution in [0.2, 0.25) is 0 Å². The Balaban J connectivity index is 2.53. The number of benzene rings is 2. The quantitative estimate of drug-likeness (QED) is 0.790. The first-order chi connectivity index (χ1) is 9.19. The molecule has 3 nitrogen and oxygen atoms in total. The van der Waals surface area contributed by atoms with Crippen molar-refractivity contribution in [1.82, 2.24) is 0 Å². The van der Waals surface area contributed by atoms with Gasteiger partial charge in [0.15, 0.2) is 0 Å². The third-order valence-electron chi connectivity index (χ3n) is 3.29. The van der Waals surface area contributed by atoms with Crippen LogP contribution in [0.5, 0.6) is 5.75 Å². The molecular formula is C16H18O3. The van der Waals surface area contributed by atoms with Crippen molar-refractivity contribution in [3.63, 3.8) is 0 Å². The second-order valence-corrected chi connectivity index (χ2v) is 4.42. The van der Waals surface area contributed by atoms with Crippen molar-refractivity contribution in [2.45, 2.75) is 19.8 Å². The van der Waals surface area contributed by atoms with E-state index in [2.05, 4.69) is 19.1 Å². The van der Waals surface area contributed by atoms with E-state index >= 15 is 0 Å². The summed E-state index contributed by atoms with van der Waals surface area (Å²) in [6.07, 6.45) is 1.23. The van der Waals surface area contributed by atoms with Crippen molar-refractivity contribution >= 4 is 16.7 Å². The first kappa shape index (κ1) is 13.4. The third kappa shape index (κ3) is 2.70. The molecule has 0 heterocycles. The monoisotopic (exact) mass is 258 g/mol. The van der Waals surface area contributed by atoms with E-state index in [0.717, 1.165) is 28.5 Å². The molecule has 100 valence electrons. The van der Waals surface area contributed by atoms with Gasteiger partial charge in [-0.2, -0.15) is 0 Å². The molecule has 0 radical (unpaired) electrons. The van der Waals surface area contributed by atoms with Crippen molar-refractivity contribution < 1.29 is 14.3 Å². The molecule has 0 amide bonds. The van der Waals surface area contributed by atoms with Crippen LogP contribution in [-0.2, 0) is 22.4 Å². The van der Waals surface area contributed by atoms with Gasteiger partial charge in [-0.25, -0.2) is 0 Å². The van der Waals surface area contributed by atoms with E-state index < -0.39 is 0 Å². The molecule has 3 heteroatoms. The average molecular weight is 258 g/mol. The lowest BCUT2D eigenvalue weighted by molar-refractivity contribution is -0.139. The molecule has 0 unspecified atom stereocenters. The molecular weight excluding hydrogens is 240 g/mol. The van der Waals surface area contributed by atoms with Gasteiger partial charge in [-0.3, -0.25) is 4.79 Å². The van der Waals surface area contributed by atoms with E-state index in [4.69, 9.17) is 9.47 Å². The van der Waals surface area contributed by atoms with Gasteiger partial charge in [0.25, 0.3) is 0 Å². The Bertz CT molecular complexity index is 602. The summed E-state index contributed by atoms with van der Waals surface area (Å²) in [5.74, 6) is 0.494. The van der Waals surface area contributed by atoms with Crippen molar-refractivity contribution in [3.8, 4) is 5.75 Å². The molecule has 0 spiro atoms. The van der Waals surface area contributed by atoms with E-state index in [1.165, 1.54) is 12.7 Å².